The van der Waals surface area contributed by atoms with Crippen molar-refractivity contribution in [3.8, 4) is 167 Å². The molecule has 26 aromatic rings. The molecule has 708 valence electrons. The molecule has 0 radical (unpaired) electrons. The zero-order valence-corrected chi connectivity index (χ0v) is 84.5. The van der Waals surface area contributed by atoms with Crippen molar-refractivity contribution in [2.45, 2.75) is 34.6 Å². The lowest BCUT2D eigenvalue weighted by atomic mass is 9.89. The topological polar surface area (TPSA) is 0 Å². The van der Waals surface area contributed by atoms with Crippen LogP contribution in [-0.4, -0.2) is 0 Å². The summed E-state index contributed by atoms with van der Waals surface area (Å²) >= 11 is 0. The third-order valence-corrected chi connectivity index (χ3v) is 28.5. The standard InChI is InChI=1S/3C33H24.2C25H20/c1-23-9-6-14-26(19-23)27-20-28(32-17-7-12-24-10-2-4-15-30(24)32)22-29(21-27)33-18-8-13-25-11-3-5-16-31(25)33;1-23-16-18-24(19-17-23)27-20-28(32-14-6-10-25-8-2-4-12-30(25)32)22-29(21-27)33-15-7-11-26-9-3-5-13-31(26)33;1-23-10-12-26(13-11-23)31-20-32(29-16-14-24-6-2-4-8-27(24)18-29)22-33(21-31)30-17-15-25-7-3-5-9-28(25)19-30;1-19-9-8-14-22(15-19)25-17-23(20-10-4-2-5-11-20)16-24(18-25)21-12-6-3-7-13-21;1-19-12-14-22(15-13-19)25-17-23(20-8-4-2-5-9-20)16-24(18-25)21-10-6-3-7-11-21/h3*2-22H,1H3;2*2-18H,1H3. The van der Waals surface area contributed by atoms with E-state index in [0.717, 1.165) is 0 Å². The molecule has 0 aliphatic rings. The van der Waals surface area contributed by atoms with Crippen molar-refractivity contribution in [1.82, 2.24) is 0 Å². The third-order valence-electron chi connectivity index (χ3n) is 28.5. The number of hydrogen-bond acceptors (Lipinski definition) is 0. The molecule has 0 N–H and O–H groups in total. The van der Waals surface area contributed by atoms with E-state index in [4.69, 9.17) is 0 Å². The molecule has 26 rings (SSSR count). The second-order valence-electron chi connectivity index (χ2n) is 39.0. The summed E-state index contributed by atoms with van der Waals surface area (Å²) in [5.41, 5.74) is 43.8. The fraction of sp³-hybridized carbons (Fsp3) is 0.0336. The normalized spacial score (nSPS) is 11.0. The fourth-order valence-electron chi connectivity index (χ4n) is 20.6. The molecular formula is C149H112. The van der Waals surface area contributed by atoms with Gasteiger partial charge in [0.25, 0.3) is 0 Å². The SMILES string of the molecule is Cc1ccc(-c2cc(-c3ccc4ccccc4c3)cc(-c3ccc4ccccc4c3)c2)cc1.Cc1ccc(-c2cc(-c3cccc4ccccc34)cc(-c3cccc4ccccc34)c2)cc1.Cc1ccc(-c2cc(-c3ccccc3)cc(-c3ccccc3)c2)cc1.Cc1cccc(-c2cc(-c3cccc4ccccc34)cc(-c3cccc4ccccc34)c2)c1.Cc1cccc(-c2cc(-c3ccccc3)cc(-c3ccccc3)c2)c1. The minimum absolute atomic E-state index is 1.24. The van der Waals surface area contributed by atoms with Crippen LogP contribution in [-0.2, 0) is 0 Å². The summed E-state index contributed by atoms with van der Waals surface area (Å²) in [5.74, 6) is 0. The van der Waals surface area contributed by atoms with Crippen LogP contribution in [0.5, 0.6) is 0 Å². The Hall–Kier alpha value is -18.7. The van der Waals surface area contributed by atoms with E-state index in [2.05, 4.69) is 623 Å². The molecule has 0 atom stereocenters. The fourth-order valence-corrected chi connectivity index (χ4v) is 20.6. The maximum atomic E-state index is 2.35. The molecule has 0 heterocycles. The first kappa shape index (κ1) is 95.1. The van der Waals surface area contributed by atoms with Gasteiger partial charge in [0.2, 0.25) is 0 Å². The van der Waals surface area contributed by atoms with Crippen LogP contribution in [0.15, 0.2) is 588 Å². The highest BCUT2D eigenvalue weighted by Gasteiger charge is 2.19. The Kier molecular flexibility index (Phi) is 28.3. The van der Waals surface area contributed by atoms with Gasteiger partial charge in [-0.2, -0.15) is 0 Å². The van der Waals surface area contributed by atoms with E-state index >= 15 is 0 Å². The van der Waals surface area contributed by atoms with E-state index in [1.165, 1.54) is 259 Å². The maximum absolute atomic E-state index is 2.35. The Morgan fingerprint density at radius 2 is 0.248 bits per heavy atom. The second-order valence-corrected chi connectivity index (χ2v) is 39.0. The second kappa shape index (κ2) is 44.2. The molecule has 0 aliphatic carbocycles. The number of benzene rings is 26. The Labute approximate surface area is 875 Å². The lowest BCUT2D eigenvalue weighted by Crippen LogP contribution is -1.88. The van der Waals surface area contributed by atoms with Gasteiger partial charge in [0.1, 0.15) is 0 Å². The molecule has 0 fully saturated rings. The first-order valence-corrected chi connectivity index (χ1v) is 51.6. The lowest BCUT2D eigenvalue weighted by molar-refractivity contribution is 1.46. The van der Waals surface area contributed by atoms with Crippen LogP contribution >= 0.6 is 0 Å². The van der Waals surface area contributed by atoms with E-state index in [-0.39, 0.29) is 0 Å². The summed E-state index contributed by atoms with van der Waals surface area (Å²) in [6.45, 7) is 10.7. The van der Waals surface area contributed by atoms with Crippen LogP contribution in [0.1, 0.15) is 27.8 Å². The Morgan fingerprint density at radius 1 is 0.0805 bits per heavy atom. The summed E-state index contributed by atoms with van der Waals surface area (Å²) in [5, 5.41) is 15.3. The van der Waals surface area contributed by atoms with E-state index in [9.17, 15) is 0 Å². The van der Waals surface area contributed by atoms with Crippen molar-refractivity contribution in [2.75, 3.05) is 0 Å². The van der Waals surface area contributed by atoms with Crippen molar-refractivity contribution < 1.29 is 0 Å². The first-order chi connectivity index (χ1) is 73.3. The van der Waals surface area contributed by atoms with Gasteiger partial charge in [-0.3, -0.25) is 0 Å². The summed E-state index contributed by atoms with van der Waals surface area (Å²) < 4.78 is 0. The average Bonchev–Trinajstić information content (AvgIpc) is 0.777. The summed E-state index contributed by atoms with van der Waals surface area (Å²) in [6, 6.07) is 213. The number of hydrogen-bond donors (Lipinski definition) is 0. The van der Waals surface area contributed by atoms with Crippen LogP contribution in [0.2, 0.25) is 0 Å². The van der Waals surface area contributed by atoms with Crippen LogP contribution in [0, 0.1) is 34.6 Å². The van der Waals surface area contributed by atoms with Gasteiger partial charge >= 0.3 is 0 Å². The molecule has 0 spiro atoms. The highest BCUT2D eigenvalue weighted by Crippen LogP contribution is 2.45. The van der Waals surface area contributed by atoms with E-state index in [1.54, 1.807) is 0 Å². The van der Waals surface area contributed by atoms with Gasteiger partial charge in [0.05, 0.1) is 0 Å². The predicted octanol–water partition coefficient (Wildman–Crippen LogP) is 41.9. The molecule has 0 amide bonds. The summed E-state index contributed by atoms with van der Waals surface area (Å²) in [7, 11) is 0. The van der Waals surface area contributed by atoms with Crippen molar-refractivity contribution in [3.05, 3.63) is 616 Å². The van der Waals surface area contributed by atoms with Crippen molar-refractivity contribution in [2.24, 2.45) is 0 Å². The minimum Gasteiger partial charge on any atom is -0.0622 e. The summed E-state index contributed by atoms with van der Waals surface area (Å²) in [4.78, 5) is 0. The van der Waals surface area contributed by atoms with Gasteiger partial charge in [-0.05, 0) is 369 Å². The highest BCUT2D eigenvalue weighted by atomic mass is 14.2. The van der Waals surface area contributed by atoms with E-state index in [0.29, 0.717) is 0 Å². The van der Waals surface area contributed by atoms with Gasteiger partial charge in [0.15, 0.2) is 0 Å². The van der Waals surface area contributed by atoms with Crippen LogP contribution in [0.4, 0.5) is 0 Å². The largest absolute Gasteiger partial charge is 0.0622 e. The number of aryl methyl sites for hydroxylation is 5. The highest BCUT2D eigenvalue weighted by molar-refractivity contribution is 6.05. The van der Waals surface area contributed by atoms with Crippen molar-refractivity contribution >= 4 is 64.6 Å². The molecule has 0 aliphatic heterocycles. The van der Waals surface area contributed by atoms with Gasteiger partial charge in [-0.15, -0.1) is 0 Å². The van der Waals surface area contributed by atoms with Gasteiger partial charge in [-0.1, -0.05) is 513 Å². The monoisotopic (exact) mass is 1900 g/mol. The molecular weight excluding hydrogens is 1790 g/mol. The number of fused-ring (bicyclic) bond motifs is 6. The molecule has 0 saturated heterocycles. The van der Waals surface area contributed by atoms with E-state index in [1.807, 2.05) is 0 Å². The molecule has 0 saturated carbocycles. The predicted molar refractivity (Wildman–Crippen MR) is 642 cm³/mol. The van der Waals surface area contributed by atoms with E-state index < -0.39 is 0 Å². The minimum atomic E-state index is 1.24. The van der Waals surface area contributed by atoms with Crippen LogP contribution in [0.3, 0.4) is 0 Å². The Morgan fingerprint density at radius 3 is 0.497 bits per heavy atom. The lowest BCUT2D eigenvalue weighted by Gasteiger charge is -2.14. The molecule has 26 aromatic carbocycles. The number of rotatable bonds is 15. The van der Waals surface area contributed by atoms with Gasteiger partial charge in [0, 0.05) is 0 Å². The molecule has 0 nitrogen and oxygen atoms in total. The molecule has 0 heteroatoms. The molecule has 149 heavy (non-hydrogen) atoms. The van der Waals surface area contributed by atoms with Crippen molar-refractivity contribution in [3.63, 3.8) is 0 Å². The maximum Gasteiger partial charge on any atom is -0.0105 e. The third kappa shape index (κ3) is 22.2. The quantitative estimate of drug-likeness (QED) is 0.0960. The Balaban J connectivity index is 0.000000106. The van der Waals surface area contributed by atoms with Crippen LogP contribution < -0.4 is 0 Å². The molecule has 0 unspecified atom stereocenters. The zero-order chi connectivity index (χ0) is 101. The summed E-state index contributed by atoms with van der Waals surface area (Å²) in [6.07, 6.45) is 0. The molecule has 0 bridgehead atoms. The van der Waals surface area contributed by atoms with Gasteiger partial charge in [-0.25, -0.2) is 0 Å². The smallest absolute Gasteiger partial charge is 0.0105 e. The van der Waals surface area contributed by atoms with Gasteiger partial charge < -0.3 is 0 Å². The zero-order valence-electron chi connectivity index (χ0n) is 84.5. The average molecular weight is 1900 g/mol. The van der Waals surface area contributed by atoms with Crippen molar-refractivity contribution in [1.29, 1.82) is 0 Å². The Bertz CT molecular complexity index is 8830. The first-order valence-electron chi connectivity index (χ1n) is 51.6. The molecule has 0 aromatic heterocycles. The van der Waals surface area contributed by atoms with Crippen LogP contribution in [0.25, 0.3) is 232 Å².